The fourth-order valence-corrected chi connectivity index (χ4v) is 3.60. The third kappa shape index (κ3) is 4.02. The van der Waals surface area contributed by atoms with E-state index in [1.54, 1.807) is 6.07 Å². The molecule has 0 unspecified atom stereocenters. The van der Waals surface area contributed by atoms with Crippen LogP contribution in [0.5, 0.6) is 11.5 Å². The van der Waals surface area contributed by atoms with Crippen molar-refractivity contribution < 1.29 is 9.84 Å². The van der Waals surface area contributed by atoms with E-state index in [4.69, 9.17) is 4.74 Å². The SMILES string of the molecule is COc1cc(Br)c(Br)c(C=NNc2nc(-c3ccccc3)cs2)c1O. The molecule has 1 heterocycles. The van der Waals surface area contributed by atoms with Gasteiger partial charge in [0.1, 0.15) is 0 Å². The number of hydrazone groups is 1. The first-order valence-electron chi connectivity index (χ1n) is 7.15. The Bertz CT molecular complexity index is 914. The first kappa shape index (κ1) is 17.9. The lowest BCUT2D eigenvalue weighted by Crippen LogP contribution is -1.94. The summed E-state index contributed by atoms with van der Waals surface area (Å²) in [6, 6.07) is 11.6. The minimum Gasteiger partial charge on any atom is -0.504 e. The summed E-state index contributed by atoms with van der Waals surface area (Å²) in [5.41, 5.74) is 5.32. The van der Waals surface area contributed by atoms with E-state index in [9.17, 15) is 5.11 Å². The summed E-state index contributed by atoms with van der Waals surface area (Å²) in [5.74, 6) is 0.365. The molecular formula is C17H13Br2N3O2S. The summed E-state index contributed by atoms with van der Waals surface area (Å²) in [4.78, 5) is 4.49. The van der Waals surface area contributed by atoms with Crippen LogP contribution in [-0.4, -0.2) is 23.4 Å². The number of nitrogens with zero attached hydrogens (tertiary/aromatic N) is 2. The quantitative estimate of drug-likeness (QED) is 0.372. The van der Waals surface area contributed by atoms with Gasteiger partial charge in [-0.15, -0.1) is 11.3 Å². The van der Waals surface area contributed by atoms with Crippen molar-refractivity contribution in [1.82, 2.24) is 4.98 Å². The van der Waals surface area contributed by atoms with Crippen molar-refractivity contribution in [2.24, 2.45) is 5.10 Å². The zero-order chi connectivity index (χ0) is 17.8. The Morgan fingerprint density at radius 2 is 2.04 bits per heavy atom. The molecule has 0 spiro atoms. The van der Waals surface area contributed by atoms with Crippen LogP contribution in [0.3, 0.4) is 0 Å². The maximum atomic E-state index is 10.2. The third-order valence-corrected chi connectivity index (χ3v) is 6.10. The van der Waals surface area contributed by atoms with Gasteiger partial charge in [0.25, 0.3) is 0 Å². The second-order valence-electron chi connectivity index (χ2n) is 4.91. The van der Waals surface area contributed by atoms with Crippen molar-refractivity contribution >= 4 is 54.5 Å². The molecule has 2 aromatic carbocycles. The Balaban J connectivity index is 1.79. The van der Waals surface area contributed by atoms with Crippen LogP contribution in [0.1, 0.15) is 5.56 Å². The van der Waals surface area contributed by atoms with Gasteiger partial charge >= 0.3 is 0 Å². The van der Waals surface area contributed by atoms with Gasteiger partial charge in [-0.1, -0.05) is 30.3 Å². The summed E-state index contributed by atoms with van der Waals surface area (Å²) in [5, 5.41) is 17.0. The van der Waals surface area contributed by atoms with Crippen molar-refractivity contribution in [1.29, 1.82) is 0 Å². The molecule has 8 heteroatoms. The first-order chi connectivity index (χ1) is 12.1. The van der Waals surface area contributed by atoms with Crippen LogP contribution in [0.2, 0.25) is 0 Å². The number of hydrogen-bond donors (Lipinski definition) is 2. The van der Waals surface area contributed by atoms with E-state index in [-0.39, 0.29) is 5.75 Å². The Morgan fingerprint density at radius 1 is 1.28 bits per heavy atom. The highest BCUT2D eigenvalue weighted by atomic mass is 79.9. The molecule has 5 nitrogen and oxygen atoms in total. The van der Waals surface area contributed by atoms with Crippen LogP contribution in [0.4, 0.5) is 5.13 Å². The van der Waals surface area contributed by atoms with Crippen LogP contribution >= 0.6 is 43.2 Å². The van der Waals surface area contributed by atoms with E-state index in [1.807, 2.05) is 35.7 Å². The second-order valence-corrected chi connectivity index (χ2v) is 7.42. The fraction of sp³-hybridized carbons (Fsp3) is 0.0588. The molecule has 0 saturated carbocycles. The van der Waals surface area contributed by atoms with Gasteiger partial charge in [0.15, 0.2) is 11.5 Å². The van der Waals surface area contributed by atoms with Crippen LogP contribution in [0, 0.1) is 0 Å². The Morgan fingerprint density at radius 3 is 2.76 bits per heavy atom. The summed E-state index contributed by atoms with van der Waals surface area (Å²) in [6.07, 6.45) is 1.51. The molecule has 0 atom stereocenters. The van der Waals surface area contributed by atoms with E-state index < -0.39 is 0 Å². The van der Waals surface area contributed by atoms with Crippen molar-refractivity contribution in [3.63, 3.8) is 0 Å². The second kappa shape index (κ2) is 7.99. The number of phenolic OH excluding ortho intramolecular Hbond substituents is 1. The van der Waals surface area contributed by atoms with Gasteiger partial charge in [-0.05, 0) is 37.9 Å². The van der Waals surface area contributed by atoms with Crippen molar-refractivity contribution in [2.75, 3.05) is 12.5 Å². The first-order valence-corrected chi connectivity index (χ1v) is 9.61. The highest BCUT2D eigenvalue weighted by molar-refractivity contribution is 9.13. The van der Waals surface area contributed by atoms with Gasteiger partial charge in [0.2, 0.25) is 5.13 Å². The number of aromatic nitrogens is 1. The average Bonchev–Trinajstić information content (AvgIpc) is 3.10. The largest absolute Gasteiger partial charge is 0.504 e. The van der Waals surface area contributed by atoms with Crippen molar-refractivity contribution in [3.8, 4) is 22.8 Å². The number of thiazole rings is 1. The lowest BCUT2D eigenvalue weighted by molar-refractivity contribution is 0.372. The minimum atomic E-state index is 0.00670. The lowest BCUT2D eigenvalue weighted by atomic mass is 10.2. The van der Waals surface area contributed by atoms with Gasteiger partial charge in [-0.25, -0.2) is 4.98 Å². The van der Waals surface area contributed by atoms with E-state index in [0.29, 0.717) is 20.9 Å². The number of rotatable bonds is 5. The van der Waals surface area contributed by atoms with Gasteiger partial charge in [0.05, 0.1) is 24.6 Å². The molecule has 0 aliphatic carbocycles. The van der Waals surface area contributed by atoms with Crippen LogP contribution in [0.25, 0.3) is 11.3 Å². The van der Waals surface area contributed by atoms with E-state index >= 15 is 0 Å². The van der Waals surface area contributed by atoms with Crippen LogP contribution in [0.15, 0.2) is 55.8 Å². The molecule has 0 fully saturated rings. The number of halogens is 2. The van der Waals surface area contributed by atoms with Crippen LogP contribution < -0.4 is 10.2 Å². The monoisotopic (exact) mass is 481 g/mol. The molecule has 0 aliphatic heterocycles. The Kier molecular flexibility index (Phi) is 5.72. The highest BCUT2D eigenvalue weighted by Crippen LogP contribution is 2.39. The molecule has 0 aliphatic rings. The van der Waals surface area contributed by atoms with Gasteiger partial charge in [0, 0.05) is 19.9 Å². The fourth-order valence-electron chi connectivity index (χ4n) is 2.10. The van der Waals surface area contributed by atoms with Crippen LogP contribution in [-0.2, 0) is 0 Å². The summed E-state index contributed by atoms with van der Waals surface area (Å²) < 4.78 is 6.58. The molecule has 1 aromatic heterocycles. The van der Waals surface area contributed by atoms with Gasteiger partial charge in [-0.2, -0.15) is 5.10 Å². The smallest absolute Gasteiger partial charge is 0.203 e. The molecule has 25 heavy (non-hydrogen) atoms. The molecular weight excluding hydrogens is 470 g/mol. The Labute approximate surface area is 165 Å². The predicted molar refractivity (Wildman–Crippen MR) is 109 cm³/mol. The van der Waals surface area contributed by atoms with E-state index in [0.717, 1.165) is 15.7 Å². The highest BCUT2D eigenvalue weighted by Gasteiger charge is 2.14. The molecule has 2 N–H and O–H groups in total. The summed E-state index contributed by atoms with van der Waals surface area (Å²) in [7, 11) is 1.50. The van der Waals surface area contributed by atoms with E-state index in [1.165, 1.54) is 24.7 Å². The normalized spacial score (nSPS) is 11.0. The third-order valence-electron chi connectivity index (χ3n) is 3.34. The number of aromatic hydroxyl groups is 1. The topological polar surface area (TPSA) is 66.7 Å². The number of anilines is 1. The zero-order valence-electron chi connectivity index (χ0n) is 13.0. The average molecular weight is 483 g/mol. The molecule has 0 radical (unpaired) electrons. The minimum absolute atomic E-state index is 0.00670. The van der Waals surface area contributed by atoms with Crippen molar-refractivity contribution in [2.45, 2.75) is 0 Å². The number of nitrogens with one attached hydrogen (secondary N) is 1. The standard InChI is InChI=1S/C17H13Br2N3O2S/c1-24-14-7-12(18)15(19)11(16(14)23)8-20-22-17-21-13(9-25-17)10-5-3-2-4-6-10/h2-9,23H,1H3,(H,21,22). The zero-order valence-corrected chi connectivity index (χ0v) is 17.0. The maximum absolute atomic E-state index is 10.2. The Hall–Kier alpha value is -1.90. The molecule has 128 valence electrons. The maximum Gasteiger partial charge on any atom is 0.203 e. The van der Waals surface area contributed by atoms with Crippen molar-refractivity contribution in [3.05, 3.63) is 56.3 Å². The number of benzene rings is 2. The lowest BCUT2D eigenvalue weighted by Gasteiger charge is -2.09. The molecule has 0 saturated heterocycles. The number of methoxy groups -OCH3 is 1. The summed E-state index contributed by atoms with van der Waals surface area (Å²) >= 11 is 8.28. The number of phenols is 1. The number of hydrogen-bond acceptors (Lipinski definition) is 6. The molecule has 3 aromatic rings. The van der Waals surface area contributed by atoms with Gasteiger partial charge in [-0.3, -0.25) is 5.43 Å². The predicted octanol–water partition coefficient (Wildman–Crippen LogP) is 5.50. The molecule has 3 rings (SSSR count). The number of ether oxygens (including phenoxy) is 1. The van der Waals surface area contributed by atoms with E-state index in [2.05, 4.69) is 47.4 Å². The van der Waals surface area contributed by atoms with Gasteiger partial charge < -0.3 is 9.84 Å². The molecule has 0 amide bonds. The molecule has 0 bridgehead atoms. The summed E-state index contributed by atoms with van der Waals surface area (Å²) in [6.45, 7) is 0.